The van der Waals surface area contributed by atoms with E-state index in [9.17, 15) is 14.3 Å². The molecule has 164 valence electrons. The lowest BCUT2D eigenvalue weighted by Gasteiger charge is -2.23. The number of halogens is 2. The summed E-state index contributed by atoms with van der Waals surface area (Å²) in [5.74, 6) is -1.21. The van der Waals surface area contributed by atoms with Gasteiger partial charge in [-0.2, -0.15) is 0 Å². The third kappa shape index (κ3) is 4.92. The Kier molecular flexibility index (Phi) is 6.89. The molecule has 0 aliphatic heterocycles. The van der Waals surface area contributed by atoms with E-state index in [2.05, 4.69) is 17.1 Å². The highest BCUT2D eigenvalue weighted by Gasteiger charge is 2.48. The summed E-state index contributed by atoms with van der Waals surface area (Å²) in [6.07, 6.45) is 4.77. The van der Waals surface area contributed by atoms with Gasteiger partial charge in [0, 0.05) is 22.7 Å². The van der Waals surface area contributed by atoms with E-state index in [4.69, 9.17) is 16.7 Å². The van der Waals surface area contributed by atoms with Crippen LogP contribution in [0.3, 0.4) is 0 Å². The highest BCUT2D eigenvalue weighted by Crippen LogP contribution is 2.43. The fraction of sp³-hybridized carbons (Fsp3) is 0.417. The van der Waals surface area contributed by atoms with Crippen LogP contribution in [0.1, 0.15) is 39.4 Å². The molecule has 4 rings (SSSR count). The molecule has 2 N–H and O–H groups in total. The normalized spacial score (nSPS) is 25.8. The van der Waals surface area contributed by atoms with Crippen LogP contribution >= 0.6 is 22.9 Å². The first-order valence-electron chi connectivity index (χ1n) is 10.5. The van der Waals surface area contributed by atoms with Gasteiger partial charge in [0.2, 0.25) is 0 Å². The van der Waals surface area contributed by atoms with Crippen molar-refractivity contribution in [2.24, 2.45) is 11.8 Å². The molecule has 0 amide bonds. The van der Waals surface area contributed by atoms with Crippen LogP contribution in [-0.4, -0.2) is 38.8 Å². The lowest BCUT2D eigenvalue weighted by molar-refractivity contribution is 0.0596. The molecule has 31 heavy (non-hydrogen) atoms. The fourth-order valence-corrected chi connectivity index (χ4v) is 6.02. The highest BCUT2D eigenvalue weighted by atomic mass is 35.5. The Morgan fingerprint density at radius 1 is 1.10 bits per heavy atom. The maximum absolute atomic E-state index is 14.5. The molecule has 1 aromatic carbocycles. The molecule has 4 nitrogen and oxygen atoms in total. The molecular weight excluding hydrogens is 437 g/mol. The van der Waals surface area contributed by atoms with E-state index in [1.807, 2.05) is 24.4 Å². The van der Waals surface area contributed by atoms with E-state index < -0.39 is 23.6 Å². The number of pyridine rings is 1. The first-order chi connectivity index (χ1) is 14.9. The molecule has 4 unspecified atom stereocenters. The third-order valence-electron chi connectivity index (χ3n) is 6.33. The summed E-state index contributed by atoms with van der Waals surface area (Å²) in [7, 11) is 0. The van der Waals surface area contributed by atoms with Crippen LogP contribution in [0.25, 0.3) is 10.8 Å². The summed E-state index contributed by atoms with van der Waals surface area (Å²) in [5.41, 5.74) is 1.16. The molecule has 0 bridgehead atoms. The second-order valence-electron chi connectivity index (χ2n) is 8.27. The lowest BCUT2D eigenvalue weighted by atomic mass is 9.85. The first-order valence-corrected chi connectivity index (χ1v) is 11.8. The molecule has 5 atom stereocenters. The summed E-state index contributed by atoms with van der Waals surface area (Å²) < 4.78 is 14.5. The number of fused-ring (bicyclic) bond motifs is 1. The molecular formula is C24H25ClFNO3S. The second-order valence-corrected chi connectivity index (χ2v) is 9.94. The Morgan fingerprint density at radius 3 is 2.71 bits per heavy atom. The van der Waals surface area contributed by atoms with Crippen LogP contribution in [0, 0.1) is 11.8 Å². The van der Waals surface area contributed by atoms with E-state index in [0.29, 0.717) is 11.3 Å². The van der Waals surface area contributed by atoms with Crippen molar-refractivity contribution in [2.75, 3.05) is 0 Å². The molecule has 2 heterocycles. The van der Waals surface area contributed by atoms with Gasteiger partial charge in [-0.15, -0.1) is 22.9 Å². The maximum Gasteiger partial charge on any atom is 0.345 e. The summed E-state index contributed by atoms with van der Waals surface area (Å²) in [6, 6.07) is 11.7. The van der Waals surface area contributed by atoms with Gasteiger partial charge >= 0.3 is 5.97 Å². The lowest BCUT2D eigenvalue weighted by Crippen LogP contribution is -2.24. The Hall–Kier alpha value is -2.02. The van der Waals surface area contributed by atoms with Crippen LogP contribution in [0.5, 0.6) is 0 Å². The first kappa shape index (κ1) is 22.2. The fourth-order valence-electron chi connectivity index (χ4n) is 4.67. The number of aliphatic hydroxyl groups is 1. The number of rotatable bonds is 8. The summed E-state index contributed by atoms with van der Waals surface area (Å²) in [4.78, 5) is 16.5. The predicted octanol–water partition coefficient (Wildman–Crippen LogP) is 5.50. The molecule has 2 aromatic heterocycles. The van der Waals surface area contributed by atoms with E-state index in [-0.39, 0.29) is 11.8 Å². The van der Waals surface area contributed by atoms with Gasteiger partial charge in [0.25, 0.3) is 0 Å². The van der Waals surface area contributed by atoms with Crippen LogP contribution in [-0.2, 0) is 12.8 Å². The number of carboxylic acid groups (broad SMARTS) is 1. The van der Waals surface area contributed by atoms with Crippen LogP contribution in [0.4, 0.5) is 4.39 Å². The maximum atomic E-state index is 14.5. The minimum atomic E-state index is -1.42. The van der Waals surface area contributed by atoms with E-state index in [1.54, 1.807) is 12.3 Å². The SMILES string of the molecule is O=C(O)c1ccc(CCC[C@H]2C(O)C(F)C(Cl)C2CCc2ccc3cnccc3c2)s1. The second kappa shape index (κ2) is 9.63. The van der Waals surface area contributed by atoms with Crippen LogP contribution < -0.4 is 0 Å². The number of aliphatic hydroxyl groups excluding tert-OH is 1. The largest absolute Gasteiger partial charge is 0.477 e. The van der Waals surface area contributed by atoms with Crippen LogP contribution in [0.2, 0.25) is 0 Å². The van der Waals surface area contributed by atoms with Crippen LogP contribution in [0.15, 0.2) is 48.8 Å². The molecule has 1 aliphatic rings. The van der Waals surface area contributed by atoms with Crippen molar-refractivity contribution in [3.05, 3.63) is 64.1 Å². The Bertz CT molecular complexity index is 1060. The molecule has 7 heteroatoms. The van der Waals surface area contributed by atoms with E-state index in [0.717, 1.165) is 46.9 Å². The summed E-state index contributed by atoms with van der Waals surface area (Å²) in [6.45, 7) is 0. The smallest absolute Gasteiger partial charge is 0.345 e. The number of aromatic carboxylic acids is 1. The Morgan fingerprint density at radius 2 is 1.94 bits per heavy atom. The topological polar surface area (TPSA) is 70.4 Å². The van der Waals surface area contributed by atoms with Gasteiger partial charge in [-0.25, -0.2) is 9.18 Å². The quantitative estimate of drug-likeness (QED) is 0.434. The van der Waals surface area contributed by atoms with Crippen molar-refractivity contribution >= 4 is 39.7 Å². The van der Waals surface area contributed by atoms with Gasteiger partial charge in [0.05, 0.1) is 11.5 Å². The minimum absolute atomic E-state index is 0.0993. The van der Waals surface area contributed by atoms with E-state index in [1.165, 1.54) is 11.3 Å². The standard InChI is InChI=1S/C24H25ClFNO3S/c25-21-18(8-5-14-4-6-16-13-27-11-10-15(16)12-14)19(23(28)22(21)26)3-1-2-17-7-9-20(31-17)24(29)30/h4,6-7,9-13,18-19,21-23,28H,1-3,5,8H2,(H,29,30)/t18?,19-,21?,22?,23?/m1/s1. The Balaban J connectivity index is 1.38. The molecule has 3 aromatic rings. The van der Waals surface area contributed by atoms with Crippen molar-refractivity contribution in [2.45, 2.75) is 49.8 Å². The number of hydrogen-bond donors (Lipinski definition) is 2. The van der Waals surface area contributed by atoms with Gasteiger partial charge in [-0.3, -0.25) is 4.98 Å². The minimum Gasteiger partial charge on any atom is -0.477 e. The summed E-state index contributed by atoms with van der Waals surface area (Å²) in [5, 5.41) is 21.0. The zero-order chi connectivity index (χ0) is 22.0. The molecule has 0 spiro atoms. The number of aromatic nitrogens is 1. The van der Waals surface area contributed by atoms with Gasteiger partial charge in [-0.1, -0.05) is 18.2 Å². The molecule has 1 aliphatic carbocycles. The van der Waals surface area contributed by atoms with Crippen molar-refractivity contribution in [3.8, 4) is 0 Å². The number of hydrogen-bond acceptors (Lipinski definition) is 4. The highest BCUT2D eigenvalue weighted by molar-refractivity contribution is 7.13. The monoisotopic (exact) mass is 461 g/mol. The zero-order valence-electron chi connectivity index (χ0n) is 17.0. The van der Waals surface area contributed by atoms with Crippen molar-refractivity contribution < 1.29 is 19.4 Å². The number of aryl methyl sites for hydroxylation is 2. The van der Waals surface area contributed by atoms with Crippen molar-refractivity contribution in [3.63, 3.8) is 0 Å². The molecule has 1 saturated carbocycles. The third-order valence-corrected chi connectivity index (χ3v) is 8.03. The predicted molar refractivity (Wildman–Crippen MR) is 122 cm³/mol. The number of benzene rings is 1. The average molecular weight is 462 g/mol. The van der Waals surface area contributed by atoms with Gasteiger partial charge in [0.1, 0.15) is 11.0 Å². The number of carboxylic acids is 1. The molecule has 0 saturated heterocycles. The number of alkyl halides is 2. The number of carbonyl (C=O) groups is 1. The molecule has 0 radical (unpaired) electrons. The zero-order valence-corrected chi connectivity index (χ0v) is 18.5. The number of nitrogens with zero attached hydrogens (tertiary/aromatic N) is 1. The summed E-state index contributed by atoms with van der Waals surface area (Å²) >= 11 is 7.68. The molecule has 1 fully saturated rings. The van der Waals surface area contributed by atoms with Gasteiger partial charge < -0.3 is 10.2 Å². The van der Waals surface area contributed by atoms with E-state index >= 15 is 0 Å². The number of thiophene rings is 1. The van der Waals surface area contributed by atoms with Crippen molar-refractivity contribution in [1.82, 2.24) is 4.98 Å². The Labute approximate surface area is 189 Å². The van der Waals surface area contributed by atoms with Gasteiger partial charge in [0.15, 0.2) is 0 Å². The van der Waals surface area contributed by atoms with Crippen molar-refractivity contribution in [1.29, 1.82) is 0 Å². The average Bonchev–Trinajstić information content (AvgIpc) is 3.32. The van der Waals surface area contributed by atoms with Gasteiger partial charge in [-0.05, 0) is 73.1 Å².